The van der Waals surface area contributed by atoms with Gasteiger partial charge in [0.1, 0.15) is 0 Å². The van der Waals surface area contributed by atoms with E-state index in [9.17, 15) is 10.0 Å². The number of nitroso groups, excluding NO2 is 1. The van der Waals surface area contributed by atoms with Gasteiger partial charge < -0.3 is 25.8 Å². The van der Waals surface area contributed by atoms with Crippen molar-refractivity contribution in [2.24, 2.45) is 5.18 Å². The number of anilines is 3. The molecule has 30 heavy (non-hydrogen) atoms. The van der Waals surface area contributed by atoms with Crippen LogP contribution in [0.25, 0.3) is 0 Å². The third-order valence-corrected chi connectivity index (χ3v) is 6.27. The van der Waals surface area contributed by atoms with Crippen LogP contribution in [-0.2, 0) is 4.74 Å². The number of unbranched alkanes of at least 4 members (excludes halogenated alkanes) is 3. The molecule has 2 saturated heterocycles. The Morgan fingerprint density at radius 3 is 2.70 bits per heavy atom. The number of hydrogen-bond donors (Lipinski definition) is 3. The van der Waals surface area contributed by atoms with Crippen LogP contribution < -0.4 is 16.0 Å². The maximum absolute atomic E-state index is 10.7. The van der Waals surface area contributed by atoms with Crippen LogP contribution in [0.1, 0.15) is 38.5 Å². The zero-order chi connectivity index (χ0) is 21.2. The van der Waals surface area contributed by atoms with E-state index in [-0.39, 0.29) is 18.7 Å². The molecule has 8 nitrogen and oxygen atoms in total. The fourth-order valence-corrected chi connectivity index (χ4v) is 4.40. The lowest BCUT2D eigenvalue weighted by molar-refractivity contribution is 0.0805. The molecule has 0 amide bonds. The summed E-state index contributed by atoms with van der Waals surface area (Å²) < 4.78 is 5.41. The third-order valence-electron chi connectivity index (χ3n) is 6.27. The number of aliphatic hydroxyl groups is 1. The van der Waals surface area contributed by atoms with E-state index in [1.165, 1.54) is 0 Å². The van der Waals surface area contributed by atoms with Crippen LogP contribution in [0.4, 0.5) is 17.1 Å². The number of nitrogens with two attached hydrogens (primary N) is 1. The van der Waals surface area contributed by atoms with E-state index in [0.29, 0.717) is 6.42 Å². The Labute approximate surface area is 179 Å². The van der Waals surface area contributed by atoms with Gasteiger partial charge in [-0.15, -0.1) is 0 Å². The number of likely N-dealkylation sites (tertiary alicyclic amines) is 1. The highest BCUT2D eigenvalue weighted by Gasteiger charge is 2.28. The van der Waals surface area contributed by atoms with Crippen molar-refractivity contribution in [3.63, 3.8) is 0 Å². The monoisotopic (exact) mass is 419 g/mol. The van der Waals surface area contributed by atoms with Crippen molar-refractivity contribution in [1.29, 1.82) is 0 Å². The Balaban J connectivity index is 1.29. The Morgan fingerprint density at radius 2 is 1.97 bits per heavy atom. The fourth-order valence-electron chi connectivity index (χ4n) is 4.40. The Kier molecular flexibility index (Phi) is 9.17. The van der Waals surface area contributed by atoms with Gasteiger partial charge in [0.2, 0.25) is 0 Å². The highest BCUT2D eigenvalue weighted by molar-refractivity contribution is 5.72. The number of morpholine rings is 1. The zero-order valence-corrected chi connectivity index (χ0v) is 18.0. The van der Waals surface area contributed by atoms with E-state index >= 15 is 0 Å². The second-order valence-electron chi connectivity index (χ2n) is 8.37. The molecule has 1 aromatic carbocycles. The highest BCUT2D eigenvalue weighted by Crippen LogP contribution is 2.26. The Bertz CT molecular complexity index is 654. The van der Waals surface area contributed by atoms with Gasteiger partial charge in [-0.1, -0.05) is 18.0 Å². The molecule has 2 aliphatic heterocycles. The Hall–Kier alpha value is -1.90. The van der Waals surface area contributed by atoms with Crippen LogP contribution in [0.15, 0.2) is 23.4 Å². The van der Waals surface area contributed by atoms with Gasteiger partial charge in [-0.25, -0.2) is 0 Å². The number of piperidine rings is 1. The molecule has 1 aromatic rings. The number of benzene rings is 1. The predicted octanol–water partition coefficient (Wildman–Crippen LogP) is 2.67. The summed E-state index contributed by atoms with van der Waals surface area (Å²) >= 11 is 0. The normalized spacial score (nSPS) is 22.8. The summed E-state index contributed by atoms with van der Waals surface area (Å²) in [5.74, 6) is 0. The molecule has 0 saturated carbocycles. The minimum Gasteiger partial charge on any atom is -0.397 e. The quantitative estimate of drug-likeness (QED) is 0.288. The van der Waals surface area contributed by atoms with Crippen LogP contribution in [-0.4, -0.2) is 74.6 Å². The summed E-state index contributed by atoms with van der Waals surface area (Å²) in [5, 5.41) is 16.2. The van der Waals surface area contributed by atoms with Crippen molar-refractivity contribution in [1.82, 2.24) is 4.90 Å². The summed E-state index contributed by atoms with van der Waals surface area (Å²) in [6, 6.07) is 6.22. The van der Waals surface area contributed by atoms with Gasteiger partial charge in [-0.05, 0) is 50.4 Å². The molecule has 2 fully saturated rings. The van der Waals surface area contributed by atoms with Gasteiger partial charge in [-0.2, -0.15) is 4.91 Å². The van der Waals surface area contributed by atoms with Crippen LogP contribution in [0, 0.1) is 4.91 Å². The lowest BCUT2D eigenvalue weighted by atomic mass is 9.98. The SMILES string of the molecule is Nc1cc(N2CCOCC2)ccc1NCCCCCCN1CCC(N=O)C[C@H]1CO. The van der Waals surface area contributed by atoms with E-state index in [2.05, 4.69) is 38.5 Å². The first-order chi connectivity index (χ1) is 14.7. The molecule has 0 aliphatic carbocycles. The zero-order valence-electron chi connectivity index (χ0n) is 18.0. The van der Waals surface area contributed by atoms with E-state index < -0.39 is 0 Å². The Morgan fingerprint density at radius 1 is 1.17 bits per heavy atom. The van der Waals surface area contributed by atoms with Crippen molar-refractivity contribution < 1.29 is 9.84 Å². The predicted molar refractivity (Wildman–Crippen MR) is 122 cm³/mol. The van der Waals surface area contributed by atoms with Crippen molar-refractivity contribution >= 4 is 17.1 Å². The molecule has 2 atom stereocenters. The van der Waals surface area contributed by atoms with Crippen LogP contribution in [0.3, 0.4) is 0 Å². The first-order valence-corrected chi connectivity index (χ1v) is 11.3. The molecule has 8 heteroatoms. The number of aliphatic hydroxyl groups excluding tert-OH is 1. The number of hydrogen-bond acceptors (Lipinski definition) is 8. The molecule has 2 aliphatic rings. The molecule has 4 N–H and O–H groups in total. The maximum Gasteiger partial charge on any atom is 0.0947 e. The standard InChI is InChI=1S/C22H37N5O3/c23-21-16-19(27-11-13-30-14-12-27)5-6-22(21)24-8-3-1-2-4-9-26-10-7-18(25-29)15-20(26)17-28/h5-6,16,18,20,24,28H,1-4,7-15,17,23H2/t18?,20-/m0/s1. The first-order valence-electron chi connectivity index (χ1n) is 11.3. The minimum atomic E-state index is -0.125. The maximum atomic E-state index is 10.7. The molecule has 3 rings (SSSR count). The van der Waals surface area contributed by atoms with Gasteiger partial charge in [0.05, 0.1) is 37.2 Å². The molecule has 168 valence electrons. The molecule has 0 radical (unpaired) electrons. The molecule has 0 bridgehead atoms. The van der Waals surface area contributed by atoms with Gasteiger partial charge in [0.15, 0.2) is 0 Å². The number of nitrogens with one attached hydrogen (secondary N) is 1. The topological polar surface area (TPSA) is 103 Å². The van der Waals surface area contributed by atoms with E-state index in [0.717, 1.165) is 95.1 Å². The van der Waals surface area contributed by atoms with Crippen LogP contribution in [0.2, 0.25) is 0 Å². The smallest absolute Gasteiger partial charge is 0.0947 e. The van der Waals surface area contributed by atoms with Gasteiger partial charge >= 0.3 is 0 Å². The van der Waals surface area contributed by atoms with Gasteiger partial charge in [0, 0.05) is 37.9 Å². The number of nitrogen functional groups attached to an aromatic ring is 1. The highest BCUT2D eigenvalue weighted by atomic mass is 16.5. The first kappa shape index (κ1) is 22.8. The average molecular weight is 420 g/mol. The molecular formula is C22H37N5O3. The van der Waals surface area contributed by atoms with Gasteiger partial charge in [0.25, 0.3) is 0 Å². The molecular weight excluding hydrogens is 382 g/mol. The largest absolute Gasteiger partial charge is 0.397 e. The summed E-state index contributed by atoms with van der Waals surface area (Å²) in [6.07, 6.45) is 6.05. The van der Waals surface area contributed by atoms with Crippen LogP contribution in [0.5, 0.6) is 0 Å². The second kappa shape index (κ2) is 12.1. The average Bonchev–Trinajstić information content (AvgIpc) is 2.79. The fraction of sp³-hybridized carbons (Fsp3) is 0.727. The van der Waals surface area contributed by atoms with E-state index in [4.69, 9.17) is 10.5 Å². The summed E-state index contributed by atoms with van der Waals surface area (Å²) in [5.41, 5.74) is 9.21. The summed E-state index contributed by atoms with van der Waals surface area (Å²) in [6.45, 7) is 6.25. The summed E-state index contributed by atoms with van der Waals surface area (Å²) in [7, 11) is 0. The molecule has 2 heterocycles. The van der Waals surface area contributed by atoms with E-state index in [1.807, 2.05) is 0 Å². The van der Waals surface area contributed by atoms with E-state index in [1.54, 1.807) is 0 Å². The number of nitrogens with zero attached hydrogens (tertiary/aromatic N) is 3. The number of ether oxygens (including phenoxy) is 1. The lowest BCUT2D eigenvalue weighted by Crippen LogP contribution is -2.46. The molecule has 0 spiro atoms. The van der Waals surface area contributed by atoms with Crippen molar-refractivity contribution in [2.75, 3.05) is 68.5 Å². The van der Waals surface area contributed by atoms with Gasteiger partial charge in [-0.3, -0.25) is 4.90 Å². The molecule has 1 unspecified atom stereocenters. The van der Waals surface area contributed by atoms with Crippen molar-refractivity contribution in [3.05, 3.63) is 23.1 Å². The second-order valence-corrected chi connectivity index (χ2v) is 8.37. The molecule has 0 aromatic heterocycles. The summed E-state index contributed by atoms with van der Waals surface area (Å²) in [4.78, 5) is 15.4. The van der Waals surface area contributed by atoms with Crippen molar-refractivity contribution in [2.45, 2.75) is 50.6 Å². The van der Waals surface area contributed by atoms with Crippen molar-refractivity contribution in [3.8, 4) is 0 Å². The lowest BCUT2D eigenvalue weighted by Gasteiger charge is -2.36. The minimum absolute atomic E-state index is 0.0894. The third kappa shape index (κ3) is 6.55. The number of rotatable bonds is 11. The van der Waals surface area contributed by atoms with Crippen LogP contribution >= 0.6 is 0 Å².